The van der Waals surface area contributed by atoms with E-state index >= 15 is 0 Å². The molecule has 2 aromatic carbocycles. The number of carbonyl (C=O) groups is 2. The van der Waals surface area contributed by atoms with E-state index in [1.165, 1.54) is 0 Å². The molecule has 4 rings (SSSR count). The molecule has 2 aromatic rings. The van der Waals surface area contributed by atoms with Gasteiger partial charge in [0.15, 0.2) is 18.0 Å². The van der Waals surface area contributed by atoms with Crippen molar-refractivity contribution < 1.29 is 38.7 Å². The van der Waals surface area contributed by atoms with Crippen molar-refractivity contribution in [1.29, 1.82) is 0 Å². The van der Waals surface area contributed by atoms with Crippen LogP contribution in [0.1, 0.15) is 34.6 Å². The number of ether oxygens (including phenoxy) is 4. The predicted molar refractivity (Wildman–Crippen MR) is 107 cm³/mol. The van der Waals surface area contributed by atoms with Gasteiger partial charge in [-0.25, -0.2) is 9.59 Å². The van der Waals surface area contributed by atoms with Crippen molar-refractivity contribution in [2.45, 2.75) is 56.3 Å². The number of hydrogen-bond acceptors (Lipinski definition) is 8. The average Bonchev–Trinajstić information content (AvgIpc) is 3.10. The fourth-order valence-corrected chi connectivity index (χ4v) is 3.91. The van der Waals surface area contributed by atoms with Crippen molar-refractivity contribution in [3.8, 4) is 0 Å². The molecule has 0 spiro atoms. The summed E-state index contributed by atoms with van der Waals surface area (Å²) in [5, 5.41) is 21.8. The van der Waals surface area contributed by atoms with Gasteiger partial charge in [0.05, 0.1) is 11.1 Å². The van der Waals surface area contributed by atoms with Crippen LogP contribution >= 0.6 is 0 Å². The molecule has 1 aliphatic heterocycles. The Hall–Kier alpha value is -2.78. The highest BCUT2D eigenvalue weighted by Crippen LogP contribution is 2.40. The molecule has 0 unspecified atom stereocenters. The second kappa shape index (κ2) is 8.39. The van der Waals surface area contributed by atoms with E-state index < -0.39 is 54.3 Å². The molecular formula is C23H24O8. The molecule has 164 valence electrons. The van der Waals surface area contributed by atoms with E-state index in [1.54, 1.807) is 74.5 Å². The van der Waals surface area contributed by atoms with Crippen molar-refractivity contribution >= 4 is 11.9 Å². The summed E-state index contributed by atoms with van der Waals surface area (Å²) in [6.07, 6.45) is -7.45. The lowest BCUT2D eigenvalue weighted by Gasteiger charge is -2.42. The highest BCUT2D eigenvalue weighted by Gasteiger charge is 2.60. The largest absolute Gasteiger partial charge is 0.453 e. The lowest BCUT2D eigenvalue weighted by atomic mass is 9.84. The van der Waals surface area contributed by atoms with Crippen LogP contribution in [-0.4, -0.2) is 64.6 Å². The number of carbonyl (C=O) groups excluding carboxylic acids is 2. The number of fused-ring (bicyclic) bond motifs is 1. The van der Waals surface area contributed by atoms with Crippen LogP contribution in [0.5, 0.6) is 0 Å². The molecule has 0 bridgehead atoms. The van der Waals surface area contributed by atoms with Crippen LogP contribution in [0.4, 0.5) is 0 Å². The maximum atomic E-state index is 12.6. The van der Waals surface area contributed by atoms with Crippen molar-refractivity contribution in [3.63, 3.8) is 0 Å². The Morgan fingerprint density at radius 2 is 1.19 bits per heavy atom. The van der Waals surface area contributed by atoms with E-state index in [4.69, 9.17) is 18.9 Å². The molecule has 8 nitrogen and oxygen atoms in total. The van der Waals surface area contributed by atoms with Crippen molar-refractivity contribution in [1.82, 2.24) is 0 Å². The van der Waals surface area contributed by atoms with Gasteiger partial charge >= 0.3 is 11.9 Å². The highest BCUT2D eigenvalue weighted by atomic mass is 16.8. The zero-order valence-corrected chi connectivity index (χ0v) is 17.1. The number of benzene rings is 2. The second-order valence-electron chi connectivity index (χ2n) is 8.02. The quantitative estimate of drug-likeness (QED) is 0.708. The summed E-state index contributed by atoms with van der Waals surface area (Å²) in [7, 11) is 0. The second-order valence-corrected chi connectivity index (χ2v) is 8.02. The van der Waals surface area contributed by atoms with Gasteiger partial charge in [0.25, 0.3) is 0 Å². The highest BCUT2D eigenvalue weighted by molar-refractivity contribution is 5.90. The van der Waals surface area contributed by atoms with Crippen LogP contribution in [0.15, 0.2) is 60.7 Å². The molecule has 2 fully saturated rings. The topological polar surface area (TPSA) is 112 Å². The Kier molecular flexibility index (Phi) is 5.81. The molecule has 0 amide bonds. The lowest BCUT2D eigenvalue weighted by molar-refractivity contribution is -0.193. The van der Waals surface area contributed by atoms with Gasteiger partial charge in [0.2, 0.25) is 0 Å². The summed E-state index contributed by atoms with van der Waals surface area (Å²) in [6, 6.07) is 16.5. The van der Waals surface area contributed by atoms with Gasteiger partial charge in [0.1, 0.15) is 24.4 Å². The molecule has 0 aromatic heterocycles. The van der Waals surface area contributed by atoms with Crippen LogP contribution in [0.3, 0.4) is 0 Å². The fraction of sp³-hybridized carbons (Fsp3) is 0.391. The molecule has 2 aliphatic rings. The zero-order valence-electron chi connectivity index (χ0n) is 17.1. The van der Waals surface area contributed by atoms with E-state index in [9.17, 15) is 19.8 Å². The Balaban J connectivity index is 1.59. The van der Waals surface area contributed by atoms with Gasteiger partial charge in [-0.3, -0.25) is 0 Å². The van der Waals surface area contributed by atoms with Gasteiger partial charge in [-0.1, -0.05) is 36.4 Å². The van der Waals surface area contributed by atoms with Crippen LogP contribution in [0.2, 0.25) is 0 Å². The van der Waals surface area contributed by atoms with Crippen LogP contribution < -0.4 is 0 Å². The number of aliphatic hydroxyl groups excluding tert-OH is 2. The van der Waals surface area contributed by atoms with E-state index in [1.807, 2.05) is 0 Å². The standard InChI is InChI=1S/C23H24O8/c1-23(2)30-19-16(25)17(28-21(26)13-9-5-3-6-10-13)15(24)18(20(19)31-23)29-22(27)14-11-7-4-8-12-14/h3-12,15-20,24-25H,1-2H3/t15-,16+,17-,18-,19-,20-/m0/s1. The molecule has 31 heavy (non-hydrogen) atoms. The van der Waals surface area contributed by atoms with Gasteiger partial charge in [0, 0.05) is 0 Å². The minimum absolute atomic E-state index is 0.255. The molecule has 1 saturated heterocycles. The molecular weight excluding hydrogens is 404 g/mol. The first kappa shape index (κ1) is 21.5. The van der Waals surface area contributed by atoms with E-state index in [-0.39, 0.29) is 11.1 Å². The van der Waals surface area contributed by atoms with Crippen LogP contribution in [-0.2, 0) is 18.9 Å². The summed E-state index contributed by atoms with van der Waals surface area (Å²) in [5.41, 5.74) is 0.541. The monoisotopic (exact) mass is 428 g/mol. The molecule has 2 N–H and O–H groups in total. The third-order valence-corrected chi connectivity index (χ3v) is 5.34. The fourth-order valence-electron chi connectivity index (χ4n) is 3.91. The Labute approximate surface area is 179 Å². The molecule has 1 saturated carbocycles. The molecule has 1 heterocycles. The number of aliphatic hydroxyl groups is 2. The van der Waals surface area contributed by atoms with Crippen molar-refractivity contribution in [2.75, 3.05) is 0 Å². The third kappa shape index (κ3) is 4.33. The minimum atomic E-state index is -1.53. The Morgan fingerprint density at radius 1 is 0.742 bits per heavy atom. The van der Waals surface area contributed by atoms with Crippen LogP contribution in [0.25, 0.3) is 0 Å². The van der Waals surface area contributed by atoms with E-state index in [2.05, 4.69) is 0 Å². The van der Waals surface area contributed by atoms with E-state index in [0.29, 0.717) is 0 Å². The first-order valence-electron chi connectivity index (χ1n) is 10.0. The maximum Gasteiger partial charge on any atom is 0.338 e. The first-order valence-corrected chi connectivity index (χ1v) is 10.0. The smallest absolute Gasteiger partial charge is 0.338 e. The zero-order chi connectivity index (χ0) is 22.2. The summed E-state index contributed by atoms with van der Waals surface area (Å²) in [6.45, 7) is 3.29. The van der Waals surface area contributed by atoms with E-state index in [0.717, 1.165) is 0 Å². The van der Waals surface area contributed by atoms with Gasteiger partial charge in [-0.15, -0.1) is 0 Å². The van der Waals surface area contributed by atoms with Gasteiger partial charge in [-0.2, -0.15) is 0 Å². The molecule has 0 radical (unpaired) electrons. The normalized spacial score (nSPS) is 31.5. The lowest BCUT2D eigenvalue weighted by Crippen LogP contribution is -2.64. The Morgan fingerprint density at radius 3 is 1.71 bits per heavy atom. The third-order valence-electron chi connectivity index (χ3n) is 5.34. The summed E-state index contributed by atoms with van der Waals surface area (Å²) < 4.78 is 22.6. The van der Waals surface area contributed by atoms with Gasteiger partial charge < -0.3 is 29.2 Å². The van der Waals surface area contributed by atoms with Crippen LogP contribution in [0, 0.1) is 0 Å². The number of rotatable bonds is 4. The summed E-state index contributed by atoms with van der Waals surface area (Å²) >= 11 is 0. The molecule has 8 heteroatoms. The maximum absolute atomic E-state index is 12.6. The van der Waals surface area contributed by atoms with Crippen molar-refractivity contribution in [2.24, 2.45) is 0 Å². The number of esters is 2. The average molecular weight is 428 g/mol. The minimum Gasteiger partial charge on any atom is -0.453 e. The van der Waals surface area contributed by atoms with Gasteiger partial charge in [-0.05, 0) is 38.1 Å². The SMILES string of the molecule is CC1(C)O[C@@H]2[C@@H](O1)[C@H](O)[C@@H](OC(=O)c1ccccc1)[C@H](O)[C@@H]2OC(=O)c1ccccc1. The summed E-state index contributed by atoms with van der Waals surface area (Å²) in [5.74, 6) is -2.50. The first-order chi connectivity index (χ1) is 14.8. The Bertz CT molecular complexity index is 929. The molecule has 1 aliphatic carbocycles. The predicted octanol–water partition coefficient (Wildman–Crippen LogP) is 1.69. The van der Waals surface area contributed by atoms with Crippen molar-refractivity contribution in [3.05, 3.63) is 71.8 Å². The molecule has 6 atom stereocenters. The number of hydrogen-bond donors (Lipinski definition) is 2. The summed E-state index contributed by atoms with van der Waals surface area (Å²) in [4.78, 5) is 25.2.